The van der Waals surface area contributed by atoms with Crippen molar-refractivity contribution < 1.29 is 14.1 Å². The van der Waals surface area contributed by atoms with Crippen molar-refractivity contribution >= 4 is 23.4 Å². The quantitative estimate of drug-likeness (QED) is 0.377. The fraction of sp³-hybridized carbons (Fsp3) is 0.167. The smallest absolute Gasteiger partial charge is 0.276 e. The molecule has 0 radical (unpaired) electrons. The number of benzene rings is 2. The molecule has 138 valence electrons. The number of hydrogen-bond donors (Lipinski definition) is 1. The number of hydrogen-bond acceptors (Lipinski definition) is 7. The van der Waals surface area contributed by atoms with Gasteiger partial charge in [0, 0.05) is 22.9 Å². The molecule has 1 heterocycles. The highest BCUT2D eigenvalue weighted by molar-refractivity contribution is 7.98. The van der Waals surface area contributed by atoms with Gasteiger partial charge in [-0.25, -0.2) is 0 Å². The van der Waals surface area contributed by atoms with Crippen molar-refractivity contribution in [1.82, 2.24) is 15.5 Å². The van der Waals surface area contributed by atoms with E-state index in [4.69, 9.17) is 4.42 Å². The number of nitro benzene ring substituents is 1. The van der Waals surface area contributed by atoms with Crippen LogP contribution in [0, 0.1) is 17.0 Å². The maximum Gasteiger partial charge on any atom is 0.276 e. The highest BCUT2D eigenvalue weighted by atomic mass is 32.2. The van der Waals surface area contributed by atoms with E-state index in [9.17, 15) is 14.9 Å². The van der Waals surface area contributed by atoms with Gasteiger partial charge in [-0.2, -0.15) is 0 Å². The summed E-state index contributed by atoms with van der Waals surface area (Å²) in [4.78, 5) is 22.8. The van der Waals surface area contributed by atoms with E-state index in [1.165, 1.54) is 36.9 Å². The second-order valence-electron chi connectivity index (χ2n) is 5.63. The van der Waals surface area contributed by atoms with Crippen LogP contribution in [-0.4, -0.2) is 21.0 Å². The molecule has 0 fully saturated rings. The first kappa shape index (κ1) is 18.6. The van der Waals surface area contributed by atoms with E-state index in [1.54, 1.807) is 0 Å². The van der Waals surface area contributed by atoms with Crippen molar-refractivity contribution in [3.8, 4) is 0 Å². The van der Waals surface area contributed by atoms with Crippen molar-refractivity contribution in [2.75, 3.05) is 0 Å². The van der Waals surface area contributed by atoms with Crippen LogP contribution in [0.15, 0.2) is 58.2 Å². The zero-order valence-electron chi connectivity index (χ0n) is 14.4. The molecule has 0 saturated carbocycles. The van der Waals surface area contributed by atoms with Crippen molar-refractivity contribution in [3.63, 3.8) is 0 Å². The van der Waals surface area contributed by atoms with Crippen LogP contribution in [0.2, 0.25) is 0 Å². The Morgan fingerprint density at radius 2 is 1.96 bits per heavy atom. The molecule has 27 heavy (non-hydrogen) atoms. The van der Waals surface area contributed by atoms with Gasteiger partial charge in [0.05, 0.1) is 11.5 Å². The lowest BCUT2D eigenvalue weighted by Gasteiger charge is -2.06. The average Bonchev–Trinajstić information content (AvgIpc) is 3.13. The molecular weight excluding hydrogens is 368 g/mol. The molecule has 2 aromatic carbocycles. The van der Waals surface area contributed by atoms with Gasteiger partial charge >= 0.3 is 0 Å². The highest BCUT2D eigenvalue weighted by Gasteiger charge is 2.18. The second-order valence-corrected chi connectivity index (χ2v) is 6.55. The van der Waals surface area contributed by atoms with E-state index < -0.39 is 10.8 Å². The first-order chi connectivity index (χ1) is 13.0. The minimum atomic E-state index is -0.514. The zero-order chi connectivity index (χ0) is 19.2. The first-order valence-electron chi connectivity index (χ1n) is 8.06. The average molecular weight is 384 g/mol. The number of aromatic nitrogens is 2. The number of carbonyl (C=O) groups excluding carboxylic acids is 1. The van der Waals surface area contributed by atoms with Crippen LogP contribution < -0.4 is 5.32 Å². The summed E-state index contributed by atoms with van der Waals surface area (Å²) >= 11 is 1.40. The van der Waals surface area contributed by atoms with Gasteiger partial charge < -0.3 is 9.73 Å². The van der Waals surface area contributed by atoms with Gasteiger partial charge in [-0.05, 0) is 18.6 Å². The topological polar surface area (TPSA) is 111 Å². The van der Waals surface area contributed by atoms with Gasteiger partial charge in [0.1, 0.15) is 0 Å². The lowest BCUT2D eigenvalue weighted by atomic mass is 10.1. The molecular formula is C18H16N4O4S. The van der Waals surface area contributed by atoms with Crippen LogP contribution in [0.5, 0.6) is 0 Å². The van der Waals surface area contributed by atoms with Gasteiger partial charge in [-0.15, -0.1) is 10.2 Å². The minimum absolute atomic E-state index is 0.0415. The lowest BCUT2D eigenvalue weighted by molar-refractivity contribution is -0.385. The summed E-state index contributed by atoms with van der Waals surface area (Å²) in [7, 11) is 0. The number of thioether (sulfide) groups is 1. The fourth-order valence-corrected chi connectivity index (χ4v) is 3.14. The summed E-state index contributed by atoms with van der Waals surface area (Å²) < 4.78 is 5.50. The van der Waals surface area contributed by atoms with Gasteiger partial charge in [-0.1, -0.05) is 48.2 Å². The third-order valence-corrected chi connectivity index (χ3v) is 4.69. The molecule has 0 aliphatic heterocycles. The molecule has 1 aromatic heterocycles. The monoisotopic (exact) mass is 384 g/mol. The minimum Gasteiger partial charge on any atom is -0.414 e. The molecule has 0 unspecified atom stereocenters. The number of rotatable bonds is 7. The van der Waals surface area contributed by atoms with Crippen LogP contribution in [0.4, 0.5) is 5.69 Å². The number of amides is 1. The molecule has 0 bridgehead atoms. The Morgan fingerprint density at radius 3 is 2.70 bits per heavy atom. The van der Waals surface area contributed by atoms with Crippen molar-refractivity contribution in [2.45, 2.75) is 24.4 Å². The molecule has 0 saturated heterocycles. The van der Waals surface area contributed by atoms with Crippen LogP contribution in [0.3, 0.4) is 0 Å². The third kappa shape index (κ3) is 4.70. The Balaban J connectivity index is 1.58. The summed E-state index contributed by atoms with van der Waals surface area (Å²) in [5.74, 6) is 0.525. The molecule has 3 aromatic rings. The van der Waals surface area contributed by atoms with Gasteiger partial charge in [0.25, 0.3) is 16.8 Å². The molecule has 3 rings (SSSR count). The summed E-state index contributed by atoms with van der Waals surface area (Å²) in [6.07, 6.45) is 0. The number of carbonyl (C=O) groups is 1. The predicted octanol–water partition coefficient (Wildman–Crippen LogP) is 3.51. The Morgan fingerprint density at radius 1 is 1.19 bits per heavy atom. The lowest BCUT2D eigenvalue weighted by Crippen LogP contribution is -2.24. The Labute approximate surface area is 159 Å². The van der Waals surface area contributed by atoms with E-state index in [2.05, 4.69) is 15.5 Å². The largest absolute Gasteiger partial charge is 0.414 e. The van der Waals surface area contributed by atoms with Crippen molar-refractivity contribution in [3.05, 3.63) is 81.2 Å². The first-order valence-corrected chi connectivity index (χ1v) is 9.04. The Hall–Kier alpha value is -3.20. The summed E-state index contributed by atoms with van der Waals surface area (Å²) in [6, 6.07) is 14.3. The number of nitro groups is 1. The van der Waals surface area contributed by atoms with Gasteiger partial charge in [-0.3, -0.25) is 14.9 Å². The molecule has 0 aliphatic rings. The van der Waals surface area contributed by atoms with Gasteiger partial charge in [0.15, 0.2) is 0 Å². The molecule has 0 aliphatic carbocycles. The van der Waals surface area contributed by atoms with Crippen LogP contribution in [0.25, 0.3) is 0 Å². The molecule has 1 amide bonds. The fourth-order valence-electron chi connectivity index (χ4n) is 2.41. The molecule has 1 N–H and O–H groups in total. The normalized spacial score (nSPS) is 10.6. The number of nitrogens with one attached hydrogen (secondary N) is 1. The summed E-state index contributed by atoms with van der Waals surface area (Å²) in [6.45, 7) is 1.58. The molecule has 8 nitrogen and oxygen atoms in total. The van der Waals surface area contributed by atoms with E-state index in [0.29, 0.717) is 16.5 Å². The van der Waals surface area contributed by atoms with Crippen molar-refractivity contribution in [2.24, 2.45) is 0 Å². The van der Waals surface area contributed by atoms with Crippen molar-refractivity contribution in [1.29, 1.82) is 0 Å². The number of nitrogens with zero attached hydrogens (tertiary/aromatic N) is 3. The van der Waals surface area contributed by atoms with E-state index in [0.717, 1.165) is 5.56 Å². The van der Waals surface area contributed by atoms with Crippen LogP contribution in [0.1, 0.15) is 27.4 Å². The standard InChI is InChI=1S/C18H16N4O4S/c1-12-14(8-5-9-15(12)22(24)25)17(23)19-10-16-20-21-18(26-16)27-11-13-6-3-2-4-7-13/h2-9H,10-11H2,1H3,(H,19,23). The molecule has 9 heteroatoms. The van der Waals surface area contributed by atoms with E-state index in [-0.39, 0.29) is 23.7 Å². The van der Waals surface area contributed by atoms with Crippen LogP contribution in [-0.2, 0) is 12.3 Å². The maximum atomic E-state index is 12.3. The summed E-state index contributed by atoms with van der Waals surface area (Å²) in [5, 5.41) is 21.9. The van der Waals surface area contributed by atoms with E-state index >= 15 is 0 Å². The van der Waals surface area contributed by atoms with Gasteiger partial charge in [0.2, 0.25) is 5.89 Å². The predicted molar refractivity (Wildman–Crippen MR) is 99.3 cm³/mol. The highest BCUT2D eigenvalue weighted by Crippen LogP contribution is 2.22. The Bertz CT molecular complexity index is 959. The molecule has 0 atom stereocenters. The second kappa shape index (κ2) is 8.45. The maximum absolute atomic E-state index is 12.3. The third-order valence-electron chi connectivity index (χ3n) is 3.80. The zero-order valence-corrected chi connectivity index (χ0v) is 15.2. The van der Waals surface area contributed by atoms with E-state index in [1.807, 2.05) is 30.3 Å². The molecule has 0 spiro atoms. The summed E-state index contributed by atoms with van der Waals surface area (Å²) in [5.41, 5.74) is 1.59. The Kier molecular flexibility index (Phi) is 5.82. The SMILES string of the molecule is Cc1c(C(=O)NCc2nnc(SCc3ccccc3)o2)cccc1[N+](=O)[O-]. The van der Waals surface area contributed by atoms with Crippen LogP contribution >= 0.6 is 11.8 Å².